The molecule has 2 aliphatic rings. The van der Waals surface area contributed by atoms with Gasteiger partial charge in [0.05, 0.1) is 12.7 Å². The van der Waals surface area contributed by atoms with Crippen molar-refractivity contribution < 1.29 is 17.9 Å². The standard InChI is InChI=1S/C22H29N3O4S/c1-15-13-19(16(2)25(15)18-8-9-18)22(26)23-17-7-10-20(29-3)21(14-17)30(27,28)24-11-5-4-6-12-24/h7,10,13-14,18H,4-6,8-9,11-12H2,1-3H3,(H,23,26). The molecule has 2 fully saturated rings. The molecule has 7 nitrogen and oxygen atoms in total. The lowest BCUT2D eigenvalue weighted by molar-refractivity contribution is 0.102. The molecule has 4 rings (SSSR count). The summed E-state index contributed by atoms with van der Waals surface area (Å²) >= 11 is 0. The predicted molar refractivity (Wildman–Crippen MR) is 116 cm³/mol. The summed E-state index contributed by atoms with van der Waals surface area (Å²) in [6.07, 6.45) is 5.04. The van der Waals surface area contributed by atoms with Crippen LogP contribution in [0.3, 0.4) is 0 Å². The van der Waals surface area contributed by atoms with Crippen LogP contribution in [0.5, 0.6) is 5.75 Å². The van der Waals surface area contributed by atoms with Gasteiger partial charge < -0.3 is 14.6 Å². The lowest BCUT2D eigenvalue weighted by Gasteiger charge is -2.26. The van der Waals surface area contributed by atoms with Gasteiger partial charge in [-0.2, -0.15) is 4.31 Å². The van der Waals surface area contributed by atoms with Crippen LogP contribution in [0.25, 0.3) is 0 Å². The summed E-state index contributed by atoms with van der Waals surface area (Å²) in [7, 11) is -2.23. The fourth-order valence-electron chi connectivity index (χ4n) is 4.30. The number of hydrogen-bond donors (Lipinski definition) is 1. The van der Waals surface area contributed by atoms with Crippen molar-refractivity contribution in [1.29, 1.82) is 0 Å². The van der Waals surface area contributed by atoms with Crippen LogP contribution < -0.4 is 10.1 Å². The normalized spacial score (nSPS) is 17.7. The Labute approximate surface area is 178 Å². The Hall–Kier alpha value is -2.32. The van der Waals surface area contributed by atoms with Crippen molar-refractivity contribution in [2.24, 2.45) is 0 Å². The molecule has 1 amide bonds. The number of nitrogens with one attached hydrogen (secondary N) is 1. The third-order valence-electron chi connectivity index (χ3n) is 6.00. The first kappa shape index (κ1) is 20.9. The fraction of sp³-hybridized carbons (Fsp3) is 0.500. The summed E-state index contributed by atoms with van der Waals surface area (Å²) in [5, 5.41) is 2.87. The van der Waals surface area contributed by atoms with E-state index in [1.165, 1.54) is 17.5 Å². The first-order valence-electron chi connectivity index (χ1n) is 10.5. The van der Waals surface area contributed by atoms with E-state index in [2.05, 4.69) is 9.88 Å². The topological polar surface area (TPSA) is 80.6 Å². The van der Waals surface area contributed by atoms with E-state index in [0.717, 1.165) is 43.5 Å². The van der Waals surface area contributed by atoms with Crippen molar-refractivity contribution >= 4 is 21.6 Å². The molecule has 30 heavy (non-hydrogen) atoms. The quantitative estimate of drug-likeness (QED) is 0.753. The molecule has 2 aromatic rings. The zero-order valence-corrected chi connectivity index (χ0v) is 18.6. The van der Waals surface area contributed by atoms with Gasteiger partial charge >= 0.3 is 0 Å². The van der Waals surface area contributed by atoms with Crippen LogP contribution in [0.1, 0.15) is 59.9 Å². The minimum absolute atomic E-state index is 0.0909. The molecule has 0 atom stereocenters. The Morgan fingerprint density at radius 3 is 2.43 bits per heavy atom. The highest BCUT2D eigenvalue weighted by Crippen LogP contribution is 2.38. The van der Waals surface area contributed by atoms with E-state index in [1.807, 2.05) is 19.9 Å². The molecule has 1 aliphatic heterocycles. The number of carbonyl (C=O) groups excluding carboxylic acids is 1. The molecule has 1 saturated heterocycles. The highest BCUT2D eigenvalue weighted by molar-refractivity contribution is 7.89. The minimum Gasteiger partial charge on any atom is -0.495 e. The number of anilines is 1. The van der Waals surface area contributed by atoms with Gasteiger partial charge in [-0.3, -0.25) is 4.79 Å². The molecule has 0 bridgehead atoms. The molecular weight excluding hydrogens is 402 g/mol. The molecule has 1 N–H and O–H groups in total. The van der Waals surface area contributed by atoms with Crippen molar-refractivity contribution in [3.05, 3.63) is 41.2 Å². The number of sulfonamides is 1. The van der Waals surface area contributed by atoms with Crippen LogP contribution >= 0.6 is 0 Å². The highest BCUT2D eigenvalue weighted by Gasteiger charge is 2.30. The summed E-state index contributed by atoms with van der Waals surface area (Å²) in [5.74, 6) is 0.0481. The molecule has 1 saturated carbocycles. The zero-order valence-electron chi connectivity index (χ0n) is 17.8. The van der Waals surface area contributed by atoms with E-state index in [4.69, 9.17) is 4.74 Å². The molecule has 8 heteroatoms. The number of aromatic nitrogens is 1. The average Bonchev–Trinajstić information content (AvgIpc) is 3.52. The third kappa shape index (κ3) is 3.86. The Balaban J connectivity index is 1.62. The number of hydrogen-bond acceptors (Lipinski definition) is 4. The molecular formula is C22H29N3O4S. The maximum absolute atomic E-state index is 13.2. The van der Waals surface area contributed by atoms with Gasteiger partial charge in [0, 0.05) is 36.2 Å². The van der Waals surface area contributed by atoms with Crippen molar-refractivity contribution in [3.63, 3.8) is 0 Å². The summed E-state index contributed by atoms with van der Waals surface area (Å²) in [6.45, 7) is 4.99. The van der Waals surface area contributed by atoms with Crippen LogP contribution in [0.2, 0.25) is 0 Å². The number of benzene rings is 1. The summed E-state index contributed by atoms with van der Waals surface area (Å²) < 4.78 is 35.4. The van der Waals surface area contributed by atoms with Crippen LogP contribution in [0, 0.1) is 13.8 Å². The first-order chi connectivity index (χ1) is 14.3. The van der Waals surface area contributed by atoms with Gasteiger partial charge in [0.2, 0.25) is 10.0 Å². The zero-order chi connectivity index (χ0) is 21.5. The van der Waals surface area contributed by atoms with Gasteiger partial charge in [0.25, 0.3) is 5.91 Å². The Bertz CT molecular complexity index is 1060. The fourth-order valence-corrected chi connectivity index (χ4v) is 6.00. The summed E-state index contributed by atoms with van der Waals surface area (Å²) in [4.78, 5) is 13.0. The Morgan fingerprint density at radius 2 is 1.80 bits per heavy atom. The highest BCUT2D eigenvalue weighted by atomic mass is 32.2. The van der Waals surface area contributed by atoms with E-state index >= 15 is 0 Å². The third-order valence-corrected chi connectivity index (χ3v) is 7.92. The van der Waals surface area contributed by atoms with Crippen molar-refractivity contribution in [3.8, 4) is 5.75 Å². The van der Waals surface area contributed by atoms with Gasteiger partial charge in [-0.15, -0.1) is 0 Å². The Kier molecular flexibility index (Phi) is 5.63. The van der Waals surface area contributed by atoms with E-state index < -0.39 is 10.0 Å². The number of rotatable bonds is 6. The molecule has 1 aromatic carbocycles. The van der Waals surface area contributed by atoms with Gasteiger partial charge in [-0.25, -0.2) is 8.42 Å². The number of amides is 1. The number of carbonyl (C=O) groups is 1. The largest absolute Gasteiger partial charge is 0.495 e. The lowest BCUT2D eigenvalue weighted by atomic mass is 10.2. The SMILES string of the molecule is COc1ccc(NC(=O)c2cc(C)n(C3CC3)c2C)cc1S(=O)(=O)N1CCCCC1. The number of methoxy groups -OCH3 is 1. The number of nitrogens with zero attached hydrogens (tertiary/aromatic N) is 2. The van der Waals surface area contributed by atoms with Crippen molar-refractivity contribution in [2.75, 3.05) is 25.5 Å². The van der Waals surface area contributed by atoms with E-state index in [0.29, 0.717) is 30.4 Å². The van der Waals surface area contributed by atoms with Crippen molar-refractivity contribution in [1.82, 2.24) is 8.87 Å². The smallest absolute Gasteiger partial charge is 0.257 e. The van der Waals surface area contributed by atoms with E-state index in [-0.39, 0.29) is 16.6 Å². The van der Waals surface area contributed by atoms with Gasteiger partial charge in [-0.1, -0.05) is 6.42 Å². The second kappa shape index (κ2) is 8.07. The number of aryl methyl sites for hydroxylation is 1. The van der Waals surface area contributed by atoms with E-state index in [9.17, 15) is 13.2 Å². The van der Waals surface area contributed by atoms with Gasteiger partial charge in [0.1, 0.15) is 10.6 Å². The molecule has 162 valence electrons. The van der Waals surface area contributed by atoms with Crippen LogP contribution in [-0.4, -0.2) is 43.4 Å². The lowest BCUT2D eigenvalue weighted by Crippen LogP contribution is -2.35. The maximum Gasteiger partial charge on any atom is 0.257 e. The molecule has 0 unspecified atom stereocenters. The molecule has 0 radical (unpaired) electrons. The Morgan fingerprint density at radius 1 is 1.10 bits per heavy atom. The second-order valence-corrected chi connectivity index (χ2v) is 10.1. The van der Waals surface area contributed by atoms with E-state index in [1.54, 1.807) is 12.1 Å². The molecule has 1 aliphatic carbocycles. The molecule has 1 aromatic heterocycles. The van der Waals surface area contributed by atoms with Gasteiger partial charge in [0.15, 0.2) is 0 Å². The van der Waals surface area contributed by atoms with Crippen LogP contribution in [0.15, 0.2) is 29.2 Å². The second-order valence-electron chi connectivity index (χ2n) is 8.17. The number of ether oxygens (including phenoxy) is 1. The molecule has 2 heterocycles. The maximum atomic E-state index is 13.2. The summed E-state index contributed by atoms with van der Waals surface area (Å²) in [5.41, 5.74) is 3.08. The van der Waals surface area contributed by atoms with Crippen LogP contribution in [0.4, 0.5) is 5.69 Å². The van der Waals surface area contributed by atoms with Crippen LogP contribution in [-0.2, 0) is 10.0 Å². The van der Waals surface area contributed by atoms with Crippen molar-refractivity contribution in [2.45, 2.75) is 56.9 Å². The molecule has 0 spiro atoms. The monoisotopic (exact) mass is 431 g/mol. The summed E-state index contributed by atoms with van der Waals surface area (Å²) in [6, 6.07) is 7.17. The number of piperidine rings is 1. The first-order valence-corrected chi connectivity index (χ1v) is 11.9. The average molecular weight is 432 g/mol. The predicted octanol–water partition coefficient (Wildman–Crippen LogP) is 3.88. The van der Waals surface area contributed by atoms with Gasteiger partial charge in [-0.05, 0) is 63.8 Å². The minimum atomic E-state index is -3.69.